The van der Waals surface area contributed by atoms with Gasteiger partial charge in [-0.3, -0.25) is 0 Å². The lowest BCUT2D eigenvalue weighted by Crippen LogP contribution is -2.00. The van der Waals surface area contributed by atoms with Crippen molar-refractivity contribution in [3.8, 4) is 11.5 Å². The van der Waals surface area contributed by atoms with E-state index in [1.54, 1.807) is 6.07 Å². The molecule has 3 heteroatoms. The van der Waals surface area contributed by atoms with Gasteiger partial charge in [-0.05, 0) is 23.8 Å². The summed E-state index contributed by atoms with van der Waals surface area (Å²) < 4.78 is 5.81. The lowest BCUT2D eigenvalue weighted by molar-refractivity contribution is 0.179. The number of ether oxygens (including phenoxy) is 1. The van der Waals surface area contributed by atoms with Crippen molar-refractivity contribution in [1.29, 1.82) is 0 Å². The fraction of sp³-hybridized carbons (Fsp3) is 0.143. The van der Waals surface area contributed by atoms with Gasteiger partial charge in [0.15, 0.2) is 0 Å². The highest BCUT2D eigenvalue weighted by atomic mass is 35.5. The van der Waals surface area contributed by atoms with Crippen molar-refractivity contribution in [1.82, 2.24) is 0 Å². The van der Waals surface area contributed by atoms with Crippen molar-refractivity contribution < 1.29 is 9.84 Å². The third-order valence-electron chi connectivity index (χ3n) is 2.95. The van der Waals surface area contributed by atoms with E-state index in [-0.39, 0.29) is 0 Å². The summed E-state index contributed by atoms with van der Waals surface area (Å²) in [5.41, 5.74) is 1.66. The number of para-hydroxylation sites is 1. The van der Waals surface area contributed by atoms with E-state index in [2.05, 4.69) is 0 Å². The van der Waals surface area contributed by atoms with E-state index in [4.69, 9.17) is 16.3 Å². The zero-order valence-corrected chi connectivity index (χ0v) is 9.82. The molecule has 2 aromatic rings. The molecule has 0 aliphatic carbocycles. The number of aliphatic hydroxyl groups is 1. The van der Waals surface area contributed by atoms with Crippen LogP contribution in [-0.2, 0) is 6.42 Å². The largest absolute Gasteiger partial charge is 0.457 e. The molecule has 0 saturated heterocycles. The minimum absolute atomic E-state index is 0.521. The Bertz CT molecular complexity index is 566. The summed E-state index contributed by atoms with van der Waals surface area (Å²) in [6, 6.07) is 13.1. The standard InChI is InChI=1S/C14H11ClO2/c15-10-5-3-7-13-14(10)11(16)8-9-4-1-2-6-12(9)17-13/h1-7,11,16H,8H2. The van der Waals surface area contributed by atoms with E-state index < -0.39 is 6.10 Å². The number of aliphatic hydroxyl groups excluding tert-OH is 1. The van der Waals surface area contributed by atoms with Crippen LogP contribution in [0.25, 0.3) is 0 Å². The average molecular weight is 247 g/mol. The summed E-state index contributed by atoms with van der Waals surface area (Å²) in [4.78, 5) is 0. The molecule has 86 valence electrons. The van der Waals surface area contributed by atoms with Crippen LogP contribution in [0.4, 0.5) is 0 Å². The molecular formula is C14H11ClO2. The third-order valence-corrected chi connectivity index (χ3v) is 3.28. The number of hydrogen-bond acceptors (Lipinski definition) is 2. The van der Waals surface area contributed by atoms with Crippen molar-refractivity contribution in [2.45, 2.75) is 12.5 Å². The number of rotatable bonds is 0. The fourth-order valence-electron chi connectivity index (χ4n) is 2.13. The van der Waals surface area contributed by atoms with Gasteiger partial charge in [0.05, 0.1) is 11.1 Å². The molecule has 1 N–H and O–H groups in total. The first-order valence-electron chi connectivity index (χ1n) is 5.48. The molecule has 0 saturated carbocycles. The maximum absolute atomic E-state index is 10.2. The summed E-state index contributed by atoms with van der Waals surface area (Å²) in [7, 11) is 0. The normalized spacial score (nSPS) is 17.6. The van der Waals surface area contributed by atoms with Crippen LogP contribution in [0.15, 0.2) is 42.5 Å². The van der Waals surface area contributed by atoms with Gasteiger partial charge in [-0.2, -0.15) is 0 Å². The predicted molar refractivity (Wildman–Crippen MR) is 66.6 cm³/mol. The van der Waals surface area contributed by atoms with E-state index in [1.165, 1.54) is 0 Å². The Labute approximate surface area is 104 Å². The van der Waals surface area contributed by atoms with Crippen LogP contribution in [0.1, 0.15) is 17.2 Å². The molecule has 1 aliphatic heterocycles. The molecule has 0 amide bonds. The van der Waals surface area contributed by atoms with Gasteiger partial charge in [0.1, 0.15) is 11.5 Å². The maximum atomic E-state index is 10.2. The molecule has 1 aliphatic rings. The highest BCUT2D eigenvalue weighted by molar-refractivity contribution is 6.31. The summed E-state index contributed by atoms with van der Waals surface area (Å²) >= 11 is 6.11. The fourth-order valence-corrected chi connectivity index (χ4v) is 2.42. The predicted octanol–water partition coefficient (Wildman–Crippen LogP) is 3.72. The number of halogens is 1. The average Bonchev–Trinajstić information content (AvgIpc) is 2.45. The van der Waals surface area contributed by atoms with Gasteiger partial charge in [0.2, 0.25) is 0 Å². The Morgan fingerprint density at radius 3 is 2.71 bits per heavy atom. The van der Waals surface area contributed by atoms with Crippen LogP contribution in [0.2, 0.25) is 5.02 Å². The zero-order chi connectivity index (χ0) is 11.8. The van der Waals surface area contributed by atoms with Crippen molar-refractivity contribution in [2.24, 2.45) is 0 Å². The van der Waals surface area contributed by atoms with Crippen LogP contribution in [-0.4, -0.2) is 5.11 Å². The van der Waals surface area contributed by atoms with Gasteiger partial charge in [0, 0.05) is 12.0 Å². The lowest BCUT2D eigenvalue weighted by Gasteiger charge is -2.12. The van der Waals surface area contributed by atoms with Crippen molar-refractivity contribution in [3.05, 3.63) is 58.6 Å². The molecule has 2 aromatic carbocycles. The zero-order valence-electron chi connectivity index (χ0n) is 9.06. The van der Waals surface area contributed by atoms with Crippen molar-refractivity contribution in [3.63, 3.8) is 0 Å². The van der Waals surface area contributed by atoms with E-state index in [0.29, 0.717) is 22.8 Å². The summed E-state index contributed by atoms with van der Waals surface area (Å²) in [6.07, 6.45) is -0.102. The van der Waals surface area contributed by atoms with Gasteiger partial charge in [0.25, 0.3) is 0 Å². The topological polar surface area (TPSA) is 29.5 Å². The van der Waals surface area contributed by atoms with Crippen LogP contribution >= 0.6 is 11.6 Å². The van der Waals surface area contributed by atoms with Gasteiger partial charge in [-0.25, -0.2) is 0 Å². The lowest BCUT2D eigenvalue weighted by atomic mass is 10.0. The maximum Gasteiger partial charge on any atom is 0.134 e. The Balaban J connectivity index is 2.18. The second-order valence-electron chi connectivity index (χ2n) is 4.08. The van der Waals surface area contributed by atoms with Crippen LogP contribution in [0, 0.1) is 0 Å². The summed E-state index contributed by atoms with van der Waals surface area (Å²) in [5.74, 6) is 1.42. The van der Waals surface area contributed by atoms with E-state index in [1.807, 2.05) is 36.4 Å². The molecule has 17 heavy (non-hydrogen) atoms. The monoisotopic (exact) mass is 246 g/mol. The van der Waals surface area contributed by atoms with Crippen LogP contribution < -0.4 is 4.74 Å². The summed E-state index contributed by atoms with van der Waals surface area (Å²) in [5, 5.41) is 10.7. The highest BCUT2D eigenvalue weighted by Crippen LogP contribution is 2.41. The second kappa shape index (κ2) is 4.06. The molecule has 0 bridgehead atoms. The third kappa shape index (κ3) is 1.79. The Morgan fingerprint density at radius 2 is 1.82 bits per heavy atom. The second-order valence-corrected chi connectivity index (χ2v) is 4.49. The Kier molecular flexibility index (Phi) is 2.54. The molecule has 3 rings (SSSR count). The first-order valence-corrected chi connectivity index (χ1v) is 5.86. The first-order chi connectivity index (χ1) is 8.25. The van der Waals surface area contributed by atoms with Crippen LogP contribution in [0.3, 0.4) is 0 Å². The Hall–Kier alpha value is -1.51. The van der Waals surface area contributed by atoms with Crippen LogP contribution in [0.5, 0.6) is 11.5 Å². The van der Waals surface area contributed by atoms with Crippen molar-refractivity contribution in [2.75, 3.05) is 0 Å². The minimum atomic E-state index is -0.623. The molecule has 0 fully saturated rings. The highest BCUT2D eigenvalue weighted by Gasteiger charge is 2.23. The summed E-state index contributed by atoms with van der Waals surface area (Å²) in [6.45, 7) is 0. The molecule has 1 unspecified atom stereocenters. The quantitative estimate of drug-likeness (QED) is 0.768. The van der Waals surface area contributed by atoms with E-state index >= 15 is 0 Å². The molecule has 1 heterocycles. The van der Waals surface area contributed by atoms with Gasteiger partial charge < -0.3 is 9.84 Å². The van der Waals surface area contributed by atoms with Gasteiger partial charge in [-0.15, -0.1) is 0 Å². The molecule has 2 nitrogen and oxygen atoms in total. The van der Waals surface area contributed by atoms with Gasteiger partial charge in [-0.1, -0.05) is 35.9 Å². The SMILES string of the molecule is OC1Cc2ccccc2Oc2cccc(Cl)c21. The molecule has 0 spiro atoms. The molecule has 0 radical (unpaired) electrons. The van der Waals surface area contributed by atoms with E-state index in [9.17, 15) is 5.11 Å². The molecular weight excluding hydrogens is 236 g/mol. The smallest absolute Gasteiger partial charge is 0.134 e. The Morgan fingerprint density at radius 1 is 1.06 bits per heavy atom. The van der Waals surface area contributed by atoms with E-state index in [0.717, 1.165) is 11.3 Å². The number of benzene rings is 2. The van der Waals surface area contributed by atoms with Crippen molar-refractivity contribution >= 4 is 11.6 Å². The van der Waals surface area contributed by atoms with Gasteiger partial charge >= 0.3 is 0 Å². The minimum Gasteiger partial charge on any atom is -0.457 e. The number of fused-ring (bicyclic) bond motifs is 2. The molecule has 1 atom stereocenters. The molecule has 0 aromatic heterocycles. The number of hydrogen-bond donors (Lipinski definition) is 1. The first kappa shape index (κ1) is 10.6.